The second kappa shape index (κ2) is 9.51. The number of anilines is 1. The number of nitrogens with one attached hydrogen (secondary N) is 2. The smallest absolute Gasteiger partial charge is 0.355 e. The van der Waals surface area contributed by atoms with Crippen molar-refractivity contribution in [3.05, 3.63) is 64.1 Å². The summed E-state index contributed by atoms with van der Waals surface area (Å²) >= 11 is 0. The Balaban J connectivity index is 1.70. The number of carbonyl (C=O) groups excluding carboxylic acids is 3. The molecule has 0 aliphatic rings. The number of hydrogen-bond acceptors (Lipinski definition) is 6. The molecule has 0 saturated heterocycles. The minimum atomic E-state index is -0.731. The molecule has 9 heteroatoms. The van der Waals surface area contributed by atoms with Gasteiger partial charge in [-0.3, -0.25) is 4.79 Å². The monoisotopic (exact) mass is 438 g/mol. The first-order valence-electron chi connectivity index (χ1n) is 10.2. The Hall–Kier alpha value is -3.88. The number of esters is 2. The van der Waals surface area contributed by atoms with Crippen LogP contribution in [0.2, 0.25) is 0 Å². The first-order valence-corrected chi connectivity index (χ1v) is 10.2. The number of methoxy groups -OCH3 is 1. The molecule has 168 valence electrons. The zero-order chi connectivity index (χ0) is 23.4. The molecule has 0 spiro atoms. The first-order chi connectivity index (χ1) is 15.2. The average molecular weight is 438 g/mol. The summed E-state index contributed by atoms with van der Waals surface area (Å²) in [6, 6.07) is 9.42. The van der Waals surface area contributed by atoms with Crippen molar-refractivity contribution in [2.45, 2.75) is 34.1 Å². The van der Waals surface area contributed by atoms with Gasteiger partial charge in [0.1, 0.15) is 11.5 Å². The Morgan fingerprint density at radius 1 is 1.09 bits per heavy atom. The van der Waals surface area contributed by atoms with Crippen molar-refractivity contribution >= 4 is 23.7 Å². The maximum Gasteiger partial charge on any atom is 0.355 e. The lowest BCUT2D eigenvalue weighted by molar-refractivity contribution is -0.119. The third-order valence-electron chi connectivity index (χ3n) is 4.99. The number of ether oxygens (including phenoxy) is 2. The lowest BCUT2D eigenvalue weighted by Gasteiger charge is -2.10. The Morgan fingerprint density at radius 3 is 2.41 bits per heavy atom. The van der Waals surface area contributed by atoms with Gasteiger partial charge in [0.05, 0.1) is 24.1 Å². The molecule has 0 fully saturated rings. The van der Waals surface area contributed by atoms with Gasteiger partial charge in [-0.25, -0.2) is 14.3 Å². The van der Waals surface area contributed by atoms with Gasteiger partial charge in [-0.1, -0.05) is 24.6 Å². The van der Waals surface area contributed by atoms with Gasteiger partial charge in [-0.15, -0.1) is 0 Å². The lowest BCUT2D eigenvalue weighted by atomic mass is 10.1. The number of benzene rings is 1. The molecule has 0 bridgehead atoms. The van der Waals surface area contributed by atoms with Gasteiger partial charge in [0, 0.05) is 11.8 Å². The predicted octanol–water partition coefficient (Wildman–Crippen LogP) is 3.27. The number of aromatic amines is 1. The molecule has 2 heterocycles. The maximum atomic E-state index is 12.5. The summed E-state index contributed by atoms with van der Waals surface area (Å²) in [5.74, 6) is -1.32. The Kier molecular flexibility index (Phi) is 6.77. The predicted molar refractivity (Wildman–Crippen MR) is 118 cm³/mol. The van der Waals surface area contributed by atoms with Crippen LogP contribution in [0.3, 0.4) is 0 Å². The van der Waals surface area contributed by atoms with Crippen LogP contribution in [-0.2, 0) is 20.7 Å². The molecular formula is C23H26N4O5. The fourth-order valence-electron chi connectivity index (χ4n) is 3.36. The van der Waals surface area contributed by atoms with Crippen LogP contribution >= 0.6 is 0 Å². The van der Waals surface area contributed by atoms with Gasteiger partial charge in [-0.2, -0.15) is 5.10 Å². The molecule has 1 amide bonds. The van der Waals surface area contributed by atoms with Gasteiger partial charge in [0.2, 0.25) is 0 Å². The largest absolute Gasteiger partial charge is 0.465 e. The third-order valence-corrected chi connectivity index (χ3v) is 4.99. The number of amides is 1. The molecule has 3 aromatic rings. The minimum absolute atomic E-state index is 0.121. The average Bonchev–Trinajstić information content (AvgIpc) is 3.31. The zero-order valence-corrected chi connectivity index (χ0v) is 18.7. The Morgan fingerprint density at radius 2 is 1.78 bits per heavy atom. The molecule has 2 N–H and O–H groups in total. The molecule has 2 aromatic heterocycles. The number of carbonyl (C=O) groups is 3. The number of aromatic nitrogens is 3. The van der Waals surface area contributed by atoms with E-state index < -0.39 is 24.5 Å². The van der Waals surface area contributed by atoms with Crippen molar-refractivity contribution in [3.8, 4) is 5.69 Å². The minimum Gasteiger partial charge on any atom is -0.465 e. The molecule has 0 saturated carbocycles. The summed E-state index contributed by atoms with van der Waals surface area (Å²) in [5.41, 5.74) is 4.05. The quantitative estimate of drug-likeness (QED) is 0.547. The number of H-pyrrole nitrogens is 1. The van der Waals surface area contributed by atoms with Crippen molar-refractivity contribution in [1.29, 1.82) is 0 Å². The van der Waals surface area contributed by atoms with Gasteiger partial charge in [0.15, 0.2) is 6.61 Å². The third kappa shape index (κ3) is 4.72. The maximum absolute atomic E-state index is 12.5. The highest BCUT2D eigenvalue weighted by molar-refractivity contribution is 5.99. The van der Waals surface area contributed by atoms with Crippen LogP contribution in [0.15, 0.2) is 30.3 Å². The van der Waals surface area contributed by atoms with Crippen LogP contribution in [0, 0.1) is 20.8 Å². The number of rotatable bonds is 7. The number of nitrogens with zero attached hydrogens (tertiary/aromatic N) is 2. The first kappa shape index (κ1) is 22.8. The highest BCUT2D eigenvalue weighted by Gasteiger charge is 2.25. The molecule has 0 aliphatic carbocycles. The molecule has 32 heavy (non-hydrogen) atoms. The normalized spacial score (nSPS) is 10.7. The van der Waals surface area contributed by atoms with Gasteiger partial charge >= 0.3 is 11.9 Å². The molecule has 3 rings (SSSR count). The van der Waals surface area contributed by atoms with E-state index in [-0.39, 0.29) is 5.69 Å². The second-order valence-electron chi connectivity index (χ2n) is 7.37. The summed E-state index contributed by atoms with van der Waals surface area (Å²) < 4.78 is 11.6. The van der Waals surface area contributed by atoms with Gasteiger partial charge in [-0.05, 0) is 44.9 Å². The van der Waals surface area contributed by atoms with E-state index in [0.29, 0.717) is 29.1 Å². The van der Waals surface area contributed by atoms with Gasteiger partial charge < -0.3 is 19.8 Å². The molecular weight excluding hydrogens is 412 g/mol. The van der Waals surface area contributed by atoms with Crippen molar-refractivity contribution < 1.29 is 23.9 Å². The molecule has 0 radical (unpaired) electrons. The summed E-state index contributed by atoms with van der Waals surface area (Å²) in [7, 11) is 1.28. The van der Waals surface area contributed by atoms with Crippen LogP contribution in [0.5, 0.6) is 0 Å². The van der Waals surface area contributed by atoms with E-state index >= 15 is 0 Å². The summed E-state index contributed by atoms with van der Waals surface area (Å²) in [5, 5.41) is 7.13. The summed E-state index contributed by atoms with van der Waals surface area (Å²) in [4.78, 5) is 39.9. The van der Waals surface area contributed by atoms with Crippen molar-refractivity contribution in [1.82, 2.24) is 14.8 Å². The second-order valence-corrected chi connectivity index (χ2v) is 7.37. The highest BCUT2D eigenvalue weighted by Crippen LogP contribution is 2.21. The van der Waals surface area contributed by atoms with E-state index in [2.05, 4.69) is 15.4 Å². The van der Waals surface area contributed by atoms with E-state index in [9.17, 15) is 14.4 Å². The molecule has 1 aromatic carbocycles. The van der Waals surface area contributed by atoms with E-state index in [4.69, 9.17) is 9.47 Å². The fourth-order valence-corrected chi connectivity index (χ4v) is 3.36. The molecule has 9 nitrogen and oxygen atoms in total. The summed E-state index contributed by atoms with van der Waals surface area (Å²) in [6.07, 6.45) is 0.501. The summed E-state index contributed by atoms with van der Waals surface area (Å²) in [6.45, 7) is 6.78. The molecule has 0 atom stereocenters. The van der Waals surface area contributed by atoms with Crippen LogP contribution in [0.1, 0.15) is 50.3 Å². The number of hydrogen-bond donors (Lipinski definition) is 2. The van der Waals surface area contributed by atoms with E-state index in [1.807, 2.05) is 45.0 Å². The molecule has 0 unspecified atom stereocenters. The Bertz CT molecular complexity index is 1160. The van der Waals surface area contributed by atoms with Gasteiger partial charge in [0.25, 0.3) is 5.91 Å². The van der Waals surface area contributed by atoms with E-state index in [1.165, 1.54) is 7.11 Å². The van der Waals surface area contributed by atoms with Crippen molar-refractivity contribution in [2.75, 3.05) is 19.0 Å². The standard InChI is InChI=1S/C23H26N4O5/c1-6-17-20(22(29)31-5)15(4)21(24-17)23(30)32-12-19(28)25-18-11-14(3)26-27(18)16-9-7-13(2)8-10-16/h7-11,24H,6,12H2,1-5H3,(H,25,28). The van der Waals surface area contributed by atoms with Crippen LogP contribution in [0.25, 0.3) is 5.69 Å². The highest BCUT2D eigenvalue weighted by atomic mass is 16.5. The van der Waals surface area contributed by atoms with Crippen LogP contribution in [0.4, 0.5) is 5.82 Å². The topological polar surface area (TPSA) is 115 Å². The van der Waals surface area contributed by atoms with E-state index in [1.54, 1.807) is 17.7 Å². The fraction of sp³-hybridized carbons (Fsp3) is 0.304. The Labute approximate surface area is 185 Å². The number of aryl methyl sites for hydroxylation is 3. The SMILES string of the molecule is CCc1[nH]c(C(=O)OCC(=O)Nc2cc(C)nn2-c2ccc(C)cc2)c(C)c1C(=O)OC. The zero-order valence-electron chi connectivity index (χ0n) is 18.7. The lowest BCUT2D eigenvalue weighted by Crippen LogP contribution is -2.22. The molecule has 0 aliphatic heterocycles. The van der Waals surface area contributed by atoms with E-state index in [0.717, 1.165) is 16.9 Å². The van der Waals surface area contributed by atoms with Crippen LogP contribution < -0.4 is 5.32 Å². The van der Waals surface area contributed by atoms with Crippen molar-refractivity contribution in [3.63, 3.8) is 0 Å². The van der Waals surface area contributed by atoms with Crippen LogP contribution in [-0.4, -0.2) is 46.3 Å². The van der Waals surface area contributed by atoms with Crippen molar-refractivity contribution in [2.24, 2.45) is 0 Å².